The fraction of sp³-hybridized carbons (Fsp3) is 0.500. The van der Waals surface area contributed by atoms with E-state index < -0.39 is 5.97 Å². The molecule has 2 aromatic heterocycles. The molecule has 1 fully saturated rings. The van der Waals surface area contributed by atoms with Crippen LogP contribution in [0.25, 0.3) is 11.1 Å². The minimum Gasteiger partial charge on any atom is -0.476 e. The van der Waals surface area contributed by atoms with Crippen molar-refractivity contribution < 1.29 is 14.4 Å². The Balaban J connectivity index is 2.03. The minimum atomic E-state index is -1.12. The molecule has 0 radical (unpaired) electrons. The van der Waals surface area contributed by atoms with Crippen molar-refractivity contribution in [1.29, 1.82) is 0 Å². The summed E-state index contributed by atoms with van der Waals surface area (Å²) in [5.74, 6) is -0.0744. The van der Waals surface area contributed by atoms with Crippen molar-refractivity contribution in [2.24, 2.45) is 0 Å². The predicted molar refractivity (Wildman–Crippen MR) is 62.4 cm³/mol. The lowest BCUT2D eigenvalue weighted by Crippen LogP contribution is -2.09. The van der Waals surface area contributed by atoms with Gasteiger partial charge in [0.15, 0.2) is 0 Å². The highest BCUT2D eigenvalue weighted by Gasteiger charge is 2.22. The molecule has 0 atom stereocenters. The second kappa shape index (κ2) is 4.36. The van der Waals surface area contributed by atoms with E-state index >= 15 is 0 Å². The molecule has 3 rings (SSSR count). The predicted octanol–water partition coefficient (Wildman–Crippen LogP) is 2.36. The highest BCUT2D eigenvalue weighted by atomic mass is 16.5. The first-order valence-corrected chi connectivity index (χ1v) is 6.11. The lowest BCUT2D eigenvalue weighted by Gasteiger charge is -2.19. The van der Waals surface area contributed by atoms with E-state index in [1.807, 2.05) is 0 Å². The van der Waals surface area contributed by atoms with E-state index in [2.05, 4.69) is 15.1 Å². The summed E-state index contributed by atoms with van der Waals surface area (Å²) in [6.45, 7) is 0. The topological polar surface area (TPSA) is 89.1 Å². The number of fused-ring (bicyclic) bond motifs is 1. The molecule has 1 aliphatic rings. The molecule has 18 heavy (non-hydrogen) atoms. The summed E-state index contributed by atoms with van der Waals surface area (Å²) in [5, 5.41) is 12.5. The van der Waals surface area contributed by atoms with Gasteiger partial charge in [0.2, 0.25) is 11.3 Å². The molecule has 6 heteroatoms. The lowest BCUT2D eigenvalue weighted by molar-refractivity contribution is 0.0687. The molecule has 1 saturated carbocycles. The quantitative estimate of drug-likeness (QED) is 0.876. The number of aromatic carboxylic acids is 1. The van der Waals surface area contributed by atoms with Gasteiger partial charge in [-0.05, 0) is 12.8 Å². The summed E-state index contributed by atoms with van der Waals surface area (Å²) in [7, 11) is 0. The average Bonchev–Trinajstić information content (AvgIpc) is 2.82. The zero-order valence-electron chi connectivity index (χ0n) is 9.80. The molecular weight excluding hydrogens is 234 g/mol. The Morgan fingerprint density at radius 1 is 1.33 bits per heavy atom. The Labute approximate surface area is 103 Å². The second-order valence-electron chi connectivity index (χ2n) is 4.61. The summed E-state index contributed by atoms with van der Waals surface area (Å²) >= 11 is 0. The monoisotopic (exact) mass is 247 g/mol. The van der Waals surface area contributed by atoms with E-state index in [1.165, 1.54) is 25.5 Å². The fourth-order valence-electron chi connectivity index (χ4n) is 2.46. The van der Waals surface area contributed by atoms with Crippen molar-refractivity contribution in [3.8, 4) is 0 Å². The third-order valence-electron chi connectivity index (χ3n) is 3.41. The van der Waals surface area contributed by atoms with Gasteiger partial charge in [0.1, 0.15) is 11.3 Å². The van der Waals surface area contributed by atoms with Crippen molar-refractivity contribution in [3.63, 3.8) is 0 Å². The molecule has 0 saturated heterocycles. The van der Waals surface area contributed by atoms with Gasteiger partial charge < -0.3 is 9.63 Å². The minimum absolute atomic E-state index is 0.135. The molecule has 94 valence electrons. The van der Waals surface area contributed by atoms with Crippen LogP contribution in [0.4, 0.5) is 0 Å². The first-order valence-electron chi connectivity index (χ1n) is 6.11. The van der Waals surface area contributed by atoms with E-state index in [0.29, 0.717) is 22.8 Å². The summed E-state index contributed by atoms with van der Waals surface area (Å²) in [6, 6.07) is 0. The molecule has 1 N–H and O–H groups in total. The van der Waals surface area contributed by atoms with Gasteiger partial charge >= 0.3 is 5.97 Å². The number of carbonyl (C=O) groups is 1. The first-order chi connectivity index (χ1) is 8.75. The molecule has 0 bridgehead atoms. The van der Waals surface area contributed by atoms with Crippen LogP contribution < -0.4 is 0 Å². The van der Waals surface area contributed by atoms with E-state index in [9.17, 15) is 4.79 Å². The van der Waals surface area contributed by atoms with E-state index in [4.69, 9.17) is 9.63 Å². The Morgan fingerprint density at radius 3 is 2.83 bits per heavy atom. The van der Waals surface area contributed by atoms with Crippen LogP contribution in [0.1, 0.15) is 54.3 Å². The van der Waals surface area contributed by atoms with Crippen LogP contribution in [0.2, 0.25) is 0 Å². The number of hydrogen-bond acceptors (Lipinski definition) is 5. The molecule has 2 heterocycles. The van der Waals surface area contributed by atoms with Crippen LogP contribution in [0, 0.1) is 0 Å². The maximum atomic E-state index is 11.0. The van der Waals surface area contributed by atoms with Crippen LogP contribution >= 0.6 is 0 Å². The summed E-state index contributed by atoms with van der Waals surface area (Å²) in [6.07, 6.45) is 7.28. The van der Waals surface area contributed by atoms with Gasteiger partial charge in [-0.3, -0.25) is 0 Å². The van der Waals surface area contributed by atoms with Crippen molar-refractivity contribution in [2.75, 3.05) is 0 Å². The smallest absolute Gasteiger partial charge is 0.360 e. The third-order valence-corrected chi connectivity index (χ3v) is 3.41. The number of rotatable bonds is 2. The van der Waals surface area contributed by atoms with Crippen molar-refractivity contribution in [1.82, 2.24) is 15.1 Å². The molecule has 0 aromatic carbocycles. The van der Waals surface area contributed by atoms with E-state index in [1.54, 1.807) is 0 Å². The summed E-state index contributed by atoms with van der Waals surface area (Å²) in [5.41, 5.74) is 0.495. The lowest BCUT2D eigenvalue weighted by atomic mass is 9.89. The molecule has 0 amide bonds. The van der Waals surface area contributed by atoms with E-state index in [-0.39, 0.29) is 5.69 Å². The van der Waals surface area contributed by atoms with Gasteiger partial charge in [0.05, 0.1) is 6.20 Å². The van der Waals surface area contributed by atoms with Crippen molar-refractivity contribution in [3.05, 3.63) is 17.7 Å². The largest absolute Gasteiger partial charge is 0.476 e. The first kappa shape index (κ1) is 11.1. The van der Waals surface area contributed by atoms with Crippen LogP contribution in [0.15, 0.2) is 10.7 Å². The second-order valence-corrected chi connectivity index (χ2v) is 4.61. The Bertz CT molecular complexity index is 587. The van der Waals surface area contributed by atoms with Gasteiger partial charge in [-0.2, -0.15) is 0 Å². The van der Waals surface area contributed by atoms with Crippen LogP contribution in [-0.4, -0.2) is 26.2 Å². The van der Waals surface area contributed by atoms with Gasteiger partial charge in [0.25, 0.3) is 0 Å². The SMILES string of the molecule is O=C(O)c1noc2cnc(C3CCCCC3)nc12. The van der Waals surface area contributed by atoms with Gasteiger partial charge in [0, 0.05) is 5.92 Å². The molecule has 0 unspecified atom stereocenters. The average molecular weight is 247 g/mol. The Kier molecular flexibility index (Phi) is 2.70. The molecule has 6 nitrogen and oxygen atoms in total. The van der Waals surface area contributed by atoms with Crippen molar-refractivity contribution in [2.45, 2.75) is 38.0 Å². The normalized spacial score (nSPS) is 17.1. The number of carboxylic acid groups (broad SMARTS) is 1. The molecular formula is C12H13N3O3. The number of hydrogen-bond donors (Lipinski definition) is 1. The number of aromatic nitrogens is 3. The highest BCUT2D eigenvalue weighted by Crippen LogP contribution is 2.31. The standard InChI is InChI=1S/C12H13N3O3/c16-12(17)10-9-8(18-15-10)6-13-11(14-9)7-4-2-1-3-5-7/h6-7H,1-5H2,(H,16,17). The third kappa shape index (κ3) is 1.83. The van der Waals surface area contributed by atoms with Gasteiger partial charge in [-0.1, -0.05) is 24.4 Å². The van der Waals surface area contributed by atoms with Crippen LogP contribution in [-0.2, 0) is 0 Å². The zero-order valence-corrected chi connectivity index (χ0v) is 9.80. The Morgan fingerprint density at radius 2 is 2.11 bits per heavy atom. The fourth-order valence-corrected chi connectivity index (χ4v) is 2.46. The summed E-state index contributed by atoms with van der Waals surface area (Å²) in [4.78, 5) is 19.6. The molecule has 0 spiro atoms. The highest BCUT2D eigenvalue weighted by molar-refractivity contribution is 5.97. The number of nitrogens with zero attached hydrogens (tertiary/aromatic N) is 3. The molecule has 0 aliphatic heterocycles. The van der Waals surface area contributed by atoms with Crippen LogP contribution in [0.3, 0.4) is 0 Å². The molecule has 2 aromatic rings. The van der Waals surface area contributed by atoms with E-state index in [0.717, 1.165) is 12.8 Å². The maximum absolute atomic E-state index is 11.0. The number of carboxylic acids is 1. The van der Waals surface area contributed by atoms with Gasteiger partial charge in [-0.25, -0.2) is 14.8 Å². The van der Waals surface area contributed by atoms with Crippen LogP contribution in [0.5, 0.6) is 0 Å². The van der Waals surface area contributed by atoms with Gasteiger partial charge in [-0.15, -0.1) is 0 Å². The maximum Gasteiger partial charge on any atom is 0.360 e. The Hall–Kier alpha value is -1.98. The summed E-state index contributed by atoms with van der Waals surface area (Å²) < 4.78 is 4.90. The molecule has 1 aliphatic carbocycles. The van der Waals surface area contributed by atoms with Crippen molar-refractivity contribution >= 4 is 17.1 Å². The zero-order chi connectivity index (χ0) is 12.5.